The lowest BCUT2D eigenvalue weighted by atomic mass is 10.1. The summed E-state index contributed by atoms with van der Waals surface area (Å²) in [6.45, 7) is 4.91. The molecule has 2 heterocycles. The van der Waals surface area contributed by atoms with Crippen LogP contribution in [0.15, 0.2) is 30.3 Å². The molecule has 0 atom stereocenters. The van der Waals surface area contributed by atoms with E-state index < -0.39 is 0 Å². The quantitative estimate of drug-likeness (QED) is 0.752. The fourth-order valence-corrected chi connectivity index (χ4v) is 2.46. The van der Waals surface area contributed by atoms with Crippen molar-refractivity contribution >= 4 is 17.4 Å². The summed E-state index contributed by atoms with van der Waals surface area (Å²) in [5.41, 5.74) is 4.31. The van der Waals surface area contributed by atoms with Gasteiger partial charge >= 0.3 is 0 Å². The summed E-state index contributed by atoms with van der Waals surface area (Å²) in [4.78, 5) is 11.4. The first kappa shape index (κ1) is 15.8. The van der Waals surface area contributed by atoms with Crippen LogP contribution in [0.4, 0.5) is 5.82 Å². The number of aryl methyl sites for hydroxylation is 2. The fourth-order valence-electron chi connectivity index (χ4n) is 2.30. The summed E-state index contributed by atoms with van der Waals surface area (Å²) in [6.07, 6.45) is 2.07. The van der Waals surface area contributed by atoms with Crippen LogP contribution in [0, 0.1) is 6.92 Å². The van der Waals surface area contributed by atoms with Crippen LogP contribution >= 0.6 is 11.6 Å². The van der Waals surface area contributed by atoms with E-state index in [0.717, 1.165) is 47.8 Å². The molecular weight excluding hydrogens is 282 g/mol. The first-order chi connectivity index (χ1) is 10.1. The van der Waals surface area contributed by atoms with Crippen LogP contribution in [0.1, 0.15) is 36.0 Å². The molecule has 0 unspecified atom stereocenters. The van der Waals surface area contributed by atoms with Gasteiger partial charge in [0.05, 0.1) is 12.2 Å². The lowest BCUT2D eigenvalue weighted by Crippen LogP contribution is -2.19. The van der Waals surface area contributed by atoms with Gasteiger partial charge in [0.1, 0.15) is 5.82 Å². The van der Waals surface area contributed by atoms with Gasteiger partial charge in [-0.05, 0) is 43.2 Å². The first-order valence-electron chi connectivity index (χ1n) is 7.32. The maximum absolute atomic E-state index is 6.00. The van der Waals surface area contributed by atoms with Crippen LogP contribution in [0.2, 0.25) is 0 Å². The average molecular weight is 304 g/mol. The summed E-state index contributed by atoms with van der Waals surface area (Å²) < 4.78 is 0. The molecule has 0 N–H and O–H groups in total. The van der Waals surface area contributed by atoms with E-state index in [1.54, 1.807) is 0 Å². The molecule has 0 fully saturated rings. The number of nitrogens with zero attached hydrogens (tertiary/aromatic N) is 3. The van der Waals surface area contributed by atoms with Crippen LogP contribution < -0.4 is 4.90 Å². The SMILES string of the molecule is CCCc1cc(CCl)cc(N(C)Cc2cccc(C)n2)n1. The van der Waals surface area contributed by atoms with Crippen molar-refractivity contribution in [3.05, 3.63) is 53.0 Å². The third-order valence-electron chi connectivity index (χ3n) is 3.32. The molecule has 0 aliphatic rings. The fraction of sp³-hybridized carbons (Fsp3) is 0.412. The monoisotopic (exact) mass is 303 g/mol. The molecule has 0 amide bonds. The second-order valence-corrected chi connectivity index (χ2v) is 5.60. The standard InChI is InChI=1S/C17H22ClN3/c1-4-6-15-9-14(11-18)10-17(20-15)21(3)12-16-8-5-7-13(2)19-16/h5,7-10H,4,6,11-12H2,1-3H3. The number of pyridine rings is 2. The van der Waals surface area contributed by atoms with E-state index in [2.05, 4.69) is 28.9 Å². The molecule has 0 bridgehead atoms. The lowest BCUT2D eigenvalue weighted by Gasteiger charge is -2.19. The first-order valence-corrected chi connectivity index (χ1v) is 7.85. The smallest absolute Gasteiger partial charge is 0.129 e. The minimum atomic E-state index is 0.517. The van der Waals surface area contributed by atoms with Gasteiger partial charge in [0.15, 0.2) is 0 Å². The Balaban J connectivity index is 2.21. The number of alkyl halides is 1. The van der Waals surface area contributed by atoms with Crippen molar-refractivity contribution in [3.8, 4) is 0 Å². The molecule has 0 aliphatic carbocycles. The predicted octanol–water partition coefficient (Wildman–Crippen LogP) is 4.11. The Bertz CT molecular complexity index is 598. The van der Waals surface area contributed by atoms with Gasteiger partial charge < -0.3 is 4.90 Å². The normalized spacial score (nSPS) is 10.7. The number of rotatable bonds is 6. The Morgan fingerprint density at radius 3 is 2.62 bits per heavy atom. The summed E-state index contributed by atoms with van der Waals surface area (Å²) >= 11 is 6.00. The zero-order chi connectivity index (χ0) is 15.2. The summed E-state index contributed by atoms with van der Waals surface area (Å²) in [6, 6.07) is 10.2. The number of anilines is 1. The number of aromatic nitrogens is 2. The topological polar surface area (TPSA) is 29.0 Å². The molecular formula is C17H22ClN3. The van der Waals surface area contributed by atoms with Crippen LogP contribution in [0.25, 0.3) is 0 Å². The summed E-state index contributed by atoms with van der Waals surface area (Å²) in [5, 5.41) is 0. The third-order valence-corrected chi connectivity index (χ3v) is 3.63. The van der Waals surface area contributed by atoms with E-state index in [0.29, 0.717) is 5.88 Å². The molecule has 112 valence electrons. The Labute approximate surface area is 132 Å². The van der Waals surface area contributed by atoms with Crippen molar-refractivity contribution in [2.45, 2.75) is 39.1 Å². The highest BCUT2D eigenvalue weighted by molar-refractivity contribution is 6.17. The molecule has 0 radical (unpaired) electrons. The highest BCUT2D eigenvalue weighted by Gasteiger charge is 2.08. The van der Waals surface area contributed by atoms with Gasteiger partial charge in [-0.25, -0.2) is 4.98 Å². The van der Waals surface area contributed by atoms with Crippen LogP contribution in [0.5, 0.6) is 0 Å². The molecule has 0 saturated carbocycles. The molecule has 2 aromatic rings. The molecule has 4 heteroatoms. The highest BCUT2D eigenvalue weighted by atomic mass is 35.5. The van der Waals surface area contributed by atoms with Gasteiger partial charge in [-0.15, -0.1) is 11.6 Å². The van der Waals surface area contributed by atoms with Crippen molar-refractivity contribution in [2.75, 3.05) is 11.9 Å². The predicted molar refractivity (Wildman–Crippen MR) is 88.9 cm³/mol. The van der Waals surface area contributed by atoms with E-state index >= 15 is 0 Å². The summed E-state index contributed by atoms with van der Waals surface area (Å²) in [5.74, 6) is 1.47. The van der Waals surface area contributed by atoms with E-state index in [1.165, 1.54) is 0 Å². The van der Waals surface area contributed by atoms with Crippen molar-refractivity contribution in [3.63, 3.8) is 0 Å². The van der Waals surface area contributed by atoms with Crippen molar-refractivity contribution in [1.29, 1.82) is 0 Å². The third kappa shape index (κ3) is 4.43. The summed E-state index contributed by atoms with van der Waals surface area (Å²) in [7, 11) is 2.04. The molecule has 0 saturated heterocycles. The van der Waals surface area contributed by atoms with Gasteiger partial charge in [0.25, 0.3) is 0 Å². The van der Waals surface area contributed by atoms with Crippen molar-refractivity contribution in [1.82, 2.24) is 9.97 Å². The van der Waals surface area contributed by atoms with Crippen LogP contribution in [0.3, 0.4) is 0 Å². The average Bonchev–Trinajstić information content (AvgIpc) is 2.47. The van der Waals surface area contributed by atoms with Gasteiger partial charge in [-0.1, -0.05) is 19.4 Å². The van der Waals surface area contributed by atoms with E-state index in [4.69, 9.17) is 16.6 Å². The Hall–Kier alpha value is -1.61. The molecule has 0 aliphatic heterocycles. The van der Waals surface area contributed by atoms with Gasteiger partial charge in [-0.2, -0.15) is 0 Å². The van der Waals surface area contributed by atoms with Crippen molar-refractivity contribution in [2.24, 2.45) is 0 Å². The second kappa shape index (κ2) is 7.41. The Morgan fingerprint density at radius 2 is 1.95 bits per heavy atom. The maximum atomic E-state index is 6.00. The van der Waals surface area contributed by atoms with Crippen molar-refractivity contribution < 1.29 is 0 Å². The second-order valence-electron chi connectivity index (χ2n) is 5.33. The molecule has 21 heavy (non-hydrogen) atoms. The largest absolute Gasteiger partial charge is 0.354 e. The van der Waals surface area contributed by atoms with E-state index in [1.807, 2.05) is 32.2 Å². The van der Waals surface area contributed by atoms with Crippen LogP contribution in [-0.4, -0.2) is 17.0 Å². The number of hydrogen-bond acceptors (Lipinski definition) is 3. The zero-order valence-electron chi connectivity index (χ0n) is 12.9. The number of halogens is 1. The highest BCUT2D eigenvalue weighted by Crippen LogP contribution is 2.18. The molecule has 2 rings (SSSR count). The lowest BCUT2D eigenvalue weighted by molar-refractivity contribution is 0.830. The Morgan fingerprint density at radius 1 is 1.14 bits per heavy atom. The maximum Gasteiger partial charge on any atom is 0.129 e. The van der Waals surface area contributed by atoms with Gasteiger partial charge in [-0.3, -0.25) is 4.98 Å². The molecule has 3 nitrogen and oxygen atoms in total. The molecule has 0 spiro atoms. The Kier molecular flexibility index (Phi) is 5.57. The van der Waals surface area contributed by atoms with Crippen LogP contribution in [-0.2, 0) is 18.8 Å². The zero-order valence-corrected chi connectivity index (χ0v) is 13.7. The van der Waals surface area contributed by atoms with E-state index in [9.17, 15) is 0 Å². The number of hydrogen-bond donors (Lipinski definition) is 0. The van der Waals surface area contributed by atoms with E-state index in [-0.39, 0.29) is 0 Å². The minimum Gasteiger partial charge on any atom is -0.354 e. The minimum absolute atomic E-state index is 0.517. The molecule has 2 aromatic heterocycles. The van der Waals surface area contributed by atoms with Gasteiger partial charge in [0.2, 0.25) is 0 Å². The molecule has 0 aromatic carbocycles. The van der Waals surface area contributed by atoms with Gasteiger partial charge in [0, 0.05) is 24.3 Å².